The third-order valence-electron chi connectivity index (χ3n) is 1.65. The fraction of sp³-hybridized carbons (Fsp3) is 1.00. The van der Waals surface area contributed by atoms with Gasteiger partial charge in [0.05, 0.1) is 6.67 Å². The van der Waals surface area contributed by atoms with Crippen molar-refractivity contribution >= 4 is 0 Å². The van der Waals surface area contributed by atoms with Crippen LogP contribution in [0.3, 0.4) is 0 Å². The number of hydrogen-bond donors (Lipinski definition) is 0. The number of rotatable bonds is 5. The van der Waals surface area contributed by atoms with Crippen molar-refractivity contribution < 1.29 is 4.39 Å². The molecule has 0 aliphatic heterocycles. The normalized spacial score (nSPS) is 13.7. The Kier molecular flexibility index (Phi) is 6.01. The molecule has 0 N–H and O–H groups in total. The summed E-state index contributed by atoms with van der Waals surface area (Å²) >= 11 is 0. The maximum Gasteiger partial charge on any atom is 0.0897 e. The van der Waals surface area contributed by atoms with Gasteiger partial charge in [-0.15, -0.1) is 0 Å². The molecule has 1 heteroatoms. The van der Waals surface area contributed by atoms with Gasteiger partial charge < -0.3 is 0 Å². The van der Waals surface area contributed by atoms with Crippen LogP contribution in [-0.4, -0.2) is 6.67 Å². The van der Waals surface area contributed by atoms with Crippen molar-refractivity contribution in [2.75, 3.05) is 6.67 Å². The molecule has 0 saturated heterocycles. The average Bonchev–Trinajstić information content (AvgIpc) is 1.85. The minimum atomic E-state index is -0.148. The van der Waals surface area contributed by atoms with Gasteiger partial charge in [0.25, 0.3) is 0 Å². The molecule has 0 aliphatic rings. The molecule has 0 nitrogen and oxygen atoms in total. The first-order chi connectivity index (χ1) is 4.31. The lowest BCUT2D eigenvalue weighted by atomic mass is 10.0. The average molecular weight is 132 g/mol. The van der Waals surface area contributed by atoms with Gasteiger partial charge in [0, 0.05) is 0 Å². The zero-order valence-electron chi connectivity index (χ0n) is 6.49. The summed E-state index contributed by atoms with van der Waals surface area (Å²) in [6.07, 6.45) is 4.43. The first-order valence-electron chi connectivity index (χ1n) is 3.87. The smallest absolute Gasteiger partial charge is 0.0897 e. The number of hydrogen-bond acceptors (Lipinski definition) is 0. The van der Waals surface area contributed by atoms with Gasteiger partial charge in [-0.2, -0.15) is 0 Å². The van der Waals surface area contributed by atoms with Crippen molar-refractivity contribution in [1.82, 2.24) is 0 Å². The van der Waals surface area contributed by atoms with Crippen LogP contribution in [0.15, 0.2) is 0 Å². The van der Waals surface area contributed by atoms with Crippen LogP contribution in [-0.2, 0) is 0 Å². The summed E-state index contributed by atoms with van der Waals surface area (Å²) in [7, 11) is 0. The highest BCUT2D eigenvalue weighted by atomic mass is 19.1. The molecule has 1 atom stereocenters. The highest BCUT2D eigenvalue weighted by Gasteiger charge is 1.98. The number of unbranched alkanes of at least 4 members (excludes halogenated alkanes) is 1. The highest BCUT2D eigenvalue weighted by molar-refractivity contribution is 4.50. The summed E-state index contributed by atoms with van der Waals surface area (Å²) in [5.74, 6) is 0.593. The van der Waals surface area contributed by atoms with Gasteiger partial charge in [-0.05, 0) is 12.3 Å². The lowest BCUT2D eigenvalue weighted by Gasteiger charge is -2.05. The Morgan fingerprint density at radius 2 is 2.00 bits per heavy atom. The SMILES string of the molecule is CCCCC(C)CCF. The maximum atomic E-state index is 11.7. The van der Waals surface area contributed by atoms with Crippen molar-refractivity contribution in [1.29, 1.82) is 0 Å². The minimum Gasteiger partial charge on any atom is -0.251 e. The Hall–Kier alpha value is -0.0700. The first-order valence-corrected chi connectivity index (χ1v) is 3.87. The van der Waals surface area contributed by atoms with E-state index in [-0.39, 0.29) is 6.67 Å². The third kappa shape index (κ3) is 5.81. The molecule has 56 valence electrons. The molecule has 0 fully saturated rings. The molecule has 9 heavy (non-hydrogen) atoms. The summed E-state index contributed by atoms with van der Waals surface area (Å²) in [5, 5.41) is 0. The van der Waals surface area contributed by atoms with Gasteiger partial charge in [-0.3, -0.25) is 4.39 Å². The van der Waals surface area contributed by atoms with E-state index in [0.29, 0.717) is 5.92 Å². The summed E-state index contributed by atoms with van der Waals surface area (Å²) in [6, 6.07) is 0. The topological polar surface area (TPSA) is 0 Å². The van der Waals surface area contributed by atoms with E-state index in [9.17, 15) is 4.39 Å². The molecule has 0 bridgehead atoms. The van der Waals surface area contributed by atoms with Crippen LogP contribution in [0.1, 0.15) is 39.5 Å². The molecule has 0 heterocycles. The van der Waals surface area contributed by atoms with Crippen LogP contribution in [0.2, 0.25) is 0 Å². The second-order valence-electron chi connectivity index (χ2n) is 2.73. The van der Waals surface area contributed by atoms with E-state index in [4.69, 9.17) is 0 Å². The van der Waals surface area contributed by atoms with Gasteiger partial charge in [0.1, 0.15) is 0 Å². The van der Waals surface area contributed by atoms with E-state index in [0.717, 1.165) is 6.42 Å². The lowest BCUT2D eigenvalue weighted by molar-refractivity contribution is 0.383. The van der Waals surface area contributed by atoms with E-state index in [1.165, 1.54) is 19.3 Å². The molecule has 0 aromatic rings. The second kappa shape index (κ2) is 6.06. The second-order valence-corrected chi connectivity index (χ2v) is 2.73. The molecular weight excluding hydrogens is 115 g/mol. The van der Waals surface area contributed by atoms with E-state index in [1.807, 2.05) is 0 Å². The lowest BCUT2D eigenvalue weighted by Crippen LogP contribution is -1.94. The zero-order valence-corrected chi connectivity index (χ0v) is 6.49. The predicted molar refractivity (Wildman–Crippen MR) is 39.3 cm³/mol. The van der Waals surface area contributed by atoms with Crippen molar-refractivity contribution in [3.8, 4) is 0 Å². The molecule has 0 spiro atoms. The third-order valence-corrected chi connectivity index (χ3v) is 1.65. The summed E-state index contributed by atoms with van der Waals surface area (Å²) < 4.78 is 11.7. The van der Waals surface area contributed by atoms with Crippen molar-refractivity contribution in [3.63, 3.8) is 0 Å². The summed E-state index contributed by atoms with van der Waals surface area (Å²) in [4.78, 5) is 0. The Balaban J connectivity index is 2.95. The predicted octanol–water partition coefficient (Wildman–Crippen LogP) is 3.17. The standard InChI is InChI=1S/C8H17F/c1-3-4-5-8(2)6-7-9/h8H,3-7H2,1-2H3. The summed E-state index contributed by atoms with van der Waals surface area (Å²) in [5.41, 5.74) is 0. The van der Waals surface area contributed by atoms with Crippen molar-refractivity contribution in [3.05, 3.63) is 0 Å². The van der Waals surface area contributed by atoms with Crippen LogP contribution < -0.4 is 0 Å². The van der Waals surface area contributed by atoms with Gasteiger partial charge in [-0.25, -0.2) is 0 Å². The zero-order chi connectivity index (χ0) is 7.11. The molecule has 1 unspecified atom stereocenters. The van der Waals surface area contributed by atoms with E-state index in [2.05, 4.69) is 13.8 Å². The molecule has 0 aromatic carbocycles. The molecule has 0 saturated carbocycles. The molecule has 0 rings (SSSR count). The van der Waals surface area contributed by atoms with Crippen LogP contribution in [0.5, 0.6) is 0 Å². The minimum absolute atomic E-state index is 0.148. The van der Waals surface area contributed by atoms with Crippen molar-refractivity contribution in [2.45, 2.75) is 39.5 Å². The first kappa shape index (κ1) is 8.93. The Morgan fingerprint density at radius 3 is 2.44 bits per heavy atom. The fourth-order valence-corrected chi connectivity index (χ4v) is 0.883. The molecule has 0 radical (unpaired) electrons. The number of halogens is 1. The van der Waals surface area contributed by atoms with Gasteiger partial charge >= 0.3 is 0 Å². The Morgan fingerprint density at radius 1 is 1.33 bits per heavy atom. The van der Waals surface area contributed by atoms with Gasteiger partial charge in [0.15, 0.2) is 0 Å². The van der Waals surface area contributed by atoms with Crippen molar-refractivity contribution in [2.24, 2.45) is 5.92 Å². The quantitative estimate of drug-likeness (QED) is 0.539. The Labute approximate surface area is 57.5 Å². The van der Waals surface area contributed by atoms with E-state index < -0.39 is 0 Å². The van der Waals surface area contributed by atoms with E-state index >= 15 is 0 Å². The molecule has 0 amide bonds. The van der Waals surface area contributed by atoms with Crippen LogP contribution in [0, 0.1) is 5.92 Å². The number of alkyl halides is 1. The Bertz CT molecular complexity index is 52.5. The van der Waals surface area contributed by atoms with E-state index in [1.54, 1.807) is 0 Å². The largest absolute Gasteiger partial charge is 0.251 e. The molecular formula is C8H17F. The highest BCUT2D eigenvalue weighted by Crippen LogP contribution is 2.10. The molecule has 0 aliphatic carbocycles. The van der Waals surface area contributed by atoms with Crippen LogP contribution in [0.25, 0.3) is 0 Å². The fourth-order valence-electron chi connectivity index (χ4n) is 0.883. The monoisotopic (exact) mass is 132 g/mol. The van der Waals surface area contributed by atoms with Gasteiger partial charge in [0.2, 0.25) is 0 Å². The van der Waals surface area contributed by atoms with Crippen LogP contribution in [0.4, 0.5) is 4.39 Å². The summed E-state index contributed by atoms with van der Waals surface area (Å²) in [6.45, 7) is 4.14. The molecule has 0 aromatic heterocycles. The maximum absolute atomic E-state index is 11.7. The van der Waals surface area contributed by atoms with Gasteiger partial charge in [-0.1, -0.05) is 33.1 Å². The van der Waals surface area contributed by atoms with Crippen LogP contribution >= 0.6 is 0 Å².